The number of benzene rings is 1. The van der Waals surface area contributed by atoms with Gasteiger partial charge in [0.15, 0.2) is 0 Å². The summed E-state index contributed by atoms with van der Waals surface area (Å²) in [7, 11) is 2.00. The lowest BCUT2D eigenvalue weighted by atomic mass is 9.90. The van der Waals surface area contributed by atoms with Gasteiger partial charge in [-0.2, -0.15) is 18.3 Å². The lowest BCUT2D eigenvalue weighted by Crippen LogP contribution is -2.34. The van der Waals surface area contributed by atoms with Crippen molar-refractivity contribution in [3.8, 4) is 0 Å². The monoisotopic (exact) mass is 401 g/mol. The highest BCUT2D eigenvalue weighted by molar-refractivity contribution is 5.73. The van der Waals surface area contributed by atoms with Gasteiger partial charge in [-0.05, 0) is 62.0 Å². The summed E-state index contributed by atoms with van der Waals surface area (Å²) in [6.07, 6.45) is 0.279. The predicted molar refractivity (Wildman–Crippen MR) is 95.0 cm³/mol. The number of carboxylic acids is 1. The third kappa shape index (κ3) is 6.95. The Bertz CT molecular complexity index is 751. The minimum absolute atomic E-state index is 0.148. The Morgan fingerprint density at radius 3 is 2.21 bits per heavy atom. The molecule has 0 radical (unpaired) electrons. The molecule has 0 spiro atoms. The van der Waals surface area contributed by atoms with Crippen LogP contribution in [-0.4, -0.2) is 45.0 Å². The second kappa shape index (κ2) is 9.68. The summed E-state index contributed by atoms with van der Waals surface area (Å²) < 4.78 is 46.6. The van der Waals surface area contributed by atoms with Crippen LogP contribution in [0.25, 0.3) is 0 Å². The Hall–Kier alpha value is -2.42. The van der Waals surface area contributed by atoms with Crippen molar-refractivity contribution in [1.82, 2.24) is 14.7 Å². The van der Waals surface area contributed by atoms with Crippen molar-refractivity contribution in [1.29, 1.82) is 0 Å². The molecule has 0 bridgehead atoms. The number of nitrogens with zero attached hydrogens (tertiary/aromatic N) is 3. The quantitative estimate of drug-likeness (QED) is 0.795. The van der Waals surface area contributed by atoms with E-state index in [1.54, 1.807) is 12.1 Å². The molecular weight excluding hydrogens is 378 g/mol. The molecule has 1 aromatic carbocycles. The number of piperidine rings is 1. The molecule has 1 aliphatic heterocycles. The van der Waals surface area contributed by atoms with E-state index in [-0.39, 0.29) is 5.82 Å². The third-order valence-electron chi connectivity index (χ3n) is 4.70. The van der Waals surface area contributed by atoms with Crippen molar-refractivity contribution >= 4 is 5.97 Å². The van der Waals surface area contributed by atoms with E-state index in [0.29, 0.717) is 0 Å². The van der Waals surface area contributed by atoms with Crippen LogP contribution in [0.1, 0.15) is 24.1 Å². The Kier molecular flexibility index (Phi) is 7.56. The molecule has 0 saturated carbocycles. The van der Waals surface area contributed by atoms with Gasteiger partial charge in [-0.15, -0.1) is 0 Å². The summed E-state index contributed by atoms with van der Waals surface area (Å²) in [5.74, 6) is -2.18. The van der Waals surface area contributed by atoms with Gasteiger partial charge in [0.1, 0.15) is 5.82 Å². The highest BCUT2D eigenvalue weighted by Gasteiger charge is 2.38. The number of likely N-dealkylation sites (tertiary alicyclic amines) is 1. The SMILES string of the molecule is Cn1nccc1CN1CCC(Cc2ccc(F)cc2)CC1.O=C(O)C(F)(F)F. The number of aliphatic carboxylic acids is 1. The maximum Gasteiger partial charge on any atom is 0.490 e. The van der Waals surface area contributed by atoms with Crippen LogP contribution >= 0.6 is 0 Å². The summed E-state index contributed by atoms with van der Waals surface area (Å²) in [6.45, 7) is 3.26. The van der Waals surface area contributed by atoms with Gasteiger partial charge in [0.25, 0.3) is 0 Å². The average molecular weight is 401 g/mol. The van der Waals surface area contributed by atoms with Gasteiger partial charge in [0, 0.05) is 19.8 Å². The molecule has 1 saturated heterocycles. The number of hydrogen-bond acceptors (Lipinski definition) is 3. The topological polar surface area (TPSA) is 58.4 Å². The Labute approximate surface area is 160 Å². The van der Waals surface area contributed by atoms with Crippen LogP contribution in [0, 0.1) is 11.7 Å². The second-order valence-corrected chi connectivity index (χ2v) is 6.80. The Morgan fingerprint density at radius 1 is 1.18 bits per heavy atom. The molecule has 154 valence electrons. The number of carbonyl (C=O) groups is 1. The van der Waals surface area contributed by atoms with Gasteiger partial charge in [-0.1, -0.05) is 12.1 Å². The van der Waals surface area contributed by atoms with Gasteiger partial charge in [0.05, 0.1) is 5.69 Å². The smallest absolute Gasteiger partial charge is 0.475 e. The number of halogens is 4. The van der Waals surface area contributed by atoms with Gasteiger partial charge >= 0.3 is 12.1 Å². The van der Waals surface area contributed by atoms with E-state index in [2.05, 4.69) is 16.1 Å². The summed E-state index contributed by atoms with van der Waals surface area (Å²) in [5.41, 5.74) is 2.52. The van der Waals surface area contributed by atoms with Crippen LogP contribution in [0.5, 0.6) is 0 Å². The first-order valence-corrected chi connectivity index (χ1v) is 8.89. The van der Waals surface area contributed by atoms with Crippen molar-refractivity contribution in [2.45, 2.75) is 32.0 Å². The molecule has 2 heterocycles. The fraction of sp³-hybridized carbons (Fsp3) is 0.474. The standard InChI is InChI=1S/C17H22FN3.C2HF3O2/c1-20-17(6-9-19-20)13-21-10-7-15(8-11-21)12-14-2-4-16(18)5-3-14;3-2(4,5)1(6)7/h2-6,9,15H,7-8,10-13H2,1H3;(H,6,7). The summed E-state index contributed by atoms with van der Waals surface area (Å²) in [5, 5.41) is 11.3. The lowest BCUT2D eigenvalue weighted by molar-refractivity contribution is -0.192. The van der Waals surface area contributed by atoms with Gasteiger partial charge in [0.2, 0.25) is 0 Å². The molecule has 3 rings (SSSR count). The number of rotatable bonds is 4. The Morgan fingerprint density at radius 2 is 1.75 bits per heavy atom. The largest absolute Gasteiger partial charge is 0.490 e. The molecule has 2 aromatic rings. The third-order valence-corrected chi connectivity index (χ3v) is 4.70. The normalized spacial score (nSPS) is 15.8. The Balaban J connectivity index is 0.000000345. The van der Waals surface area contributed by atoms with Gasteiger partial charge in [-0.25, -0.2) is 9.18 Å². The van der Waals surface area contributed by atoms with E-state index in [1.807, 2.05) is 30.1 Å². The average Bonchev–Trinajstić information content (AvgIpc) is 3.03. The van der Waals surface area contributed by atoms with Crippen LogP contribution in [0.3, 0.4) is 0 Å². The van der Waals surface area contributed by atoms with Crippen molar-refractivity contribution < 1.29 is 27.5 Å². The van der Waals surface area contributed by atoms with Crippen LogP contribution < -0.4 is 0 Å². The zero-order chi connectivity index (χ0) is 20.7. The molecule has 28 heavy (non-hydrogen) atoms. The van der Waals surface area contributed by atoms with E-state index in [4.69, 9.17) is 9.90 Å². The maximum absolute atomic E-state index is 12.9. The second-order valence-electron chi connectivity index (χ2n) is 6.80. The molecule has 1 N–H and O–H groups in total. The minimum Gasteiger partial charge on any atom is -0.475 e. The molecule has 9 heteroatoms. The van der Waals surface area contributed by atoms with Crippen LogP contribution in [0.2, 0.25) is 0 Å². The van der Waals surface area contributed by atoms with Crippen molar-refractivity contribution in [3.05, 3.63) is 53.6 Å². The van der Waals surface area contributed by atoms with Gasteiger partial charge in [-0.3, -0.25) is 9.58 Å². The number of hydrogen-bond donors (Lipinski definition) is 1. The minimum atomic E-state index is -5.08. The first-order chi connectivity index (χ1) is 13.1. The molecule has 0 amide bonds. The van der Waals surface area contributed by atoms with Crippen molar-refractivity contribution in [2.24, 2.45) is 13.0 Å². The molecule has 0 unspecified atom stereocenters. The fourth-order valence-electron chi connectivity index (χ4n) is 3.09. The number of aromatic nitrogens is 2. The predicted octanol–water partition coefficient (Wildman–Crippen LogP) is 3.65. The molecule has 1 aromatic heterocycles. The number of alkyl halides is 3. The zero-order valence-electron chi connectivity index (χ0n) is 15.5. The first kappa shape index (κ1) is 21.9. The summed E-state index contributed by atoms with van der Waals surface area (Å²) in [4.78, 5) is 11.4. The first-order valence-electron chi connectivity index (χ1n) is 8.89. The molecule has 0 atom stereocenters. The lowest BCUT2D eigenvalue weighted by Gasteiger charge is -2.32. The van der Waals surface area contributed by atoms with E-state index in [9.17, 15) is 17.6 Å². The zero-order valence-corrected chi connectivity index (χ0v) is 15.5. The van der Waals surface area contributed by atoms with Crippen molar-refractivity contribution in [3.63, 3.8) is 0 Å². The molecular formula is C19H23F4N3O2. The van der Waals surface area contributed by atoms with E-state index >= 15 is 0 Å². The van der Waals surface area contributed by atoms with E-state index < -0.39 is 12.1 Å². The fourth-order valence-corrected chi connectivity index (χ4v) is 3.09. The van der Waals surface area contributed by atoms with Crippen LogP contribution in [-0.2, 0) is 24.8 Å². The summed E-state index contributed by atoms with van der Waals surface area (Å²) in [6, 6.07) is 9.04. The van der Waals surface area contributed by atoms with E-state index in [1.165, 1.54) is 24.1 Å². The van der Waals surface area contributed by atoms with E-state index in [0.717, 1.165) is 32.0 Å². The molecule has 0 aliphatic carbocycles. The van der Waals surface area contributed by atoms with Crippen LogP contribution in [0.4, 0.5) is 17.6 Å². The highest BCUT2D eigenvalue weighted by Crippen LogP contribution is 2.23. The maximum atomic E-state index is 12.9. The molecule has 1 fully saturated rings. The van der Waals surface area contributed by atoms with Crippen molar-refractivity contribution in [2.75, 3.05) is 13.1 Å². The molecule has 5 nitrogen and oxygen atoms in total. The van der Waals surface area contributed by atoms with Gasteiger partial charge < -0.3 is 5.11 Å². The van der Waals surface area contributed by atoms with Crippen LogP contribution in [0.15, 0.2) is 36.5 Å². The summed E-state index contributed by atoms with van der Waals surface area (Å²) >= 11 is 0. The molecule has 1 aliphatic rings. The number of carboxylic acid groups (broad SMARTS) is 1. The number of aryl methyl sites for hydroxylation is 1. The highest BCUT2D eigenvalue weighted by atomic mass is 19.4.